The first-order valence-corrected chi connectivity index (χ1v) is 6.90. The van der Waals surface area contributed by atoms with Gasteiger partial charge in [-0.05, 0) is 38.0 Å². The molecule has 1 aliphatic rings. The molecule has 4 N–H and O–H groups in total. The van der Waals surface area contributed by atoms with E-state index in [9.17, 15) is 4.79 Å². The molecule has 1 fully saturated rings. The molecule has 18 heavy (non-hydrogen) atoms. The third-order valence-electron chi connectivity index (χ3n) is 3.45. The average Bonchev–Trinajstić information content (AvgIpc) is 2.28. The Morgan fingerprint density at radius 2 is 2.22 bits per heavy atom. The van der Waals surface area contributed by atoms with Gasteiger partial charge < -0.3 is 16.4 Å². The van der Waals surface area contributed by atoms with Crippen molar-refractivity contribution in [2.45, 2.75) is 31.8 Å². The predicted octanol–water partition coefficient (Wildman–Crippen LogP) is 1.86. The Balaban J connectivity index is 2.37. The Morgan fingerprint density at radius 1 is 1.50 bits per heavy atom. The maximum Gasteiger partial charge on any atom is 0.250 e. The van der Waals surface area contributed by atoms with E-state index in [4.69, 9.17) is 11.5 Å². The van der Waals surface area contributed by atoms with Crippen molar-refractivity contribution in [3.63, 3.8) is 0 Å². The fourth-order valence-electron chi connectivity index (χ4n) is 2.52. The smallest absolute Gasteiger partial charge is 0.250 e. The molecule has 0 bridgehead atoms. The average molecular weight is 312 g/mol. The van der Waals surface area contributed by atoms with Crippen LogP contribution in [0.4, 0.5) is 5.69 Å². The van der Waals surface area contributed by atoms with Gasteiger partial charge in [0.1, 0.15) is 0 Å². The number of primary amides is 1. The van der Waals surface area contributed by atoms with Gasteiger partial charge in [0.15, 0.2) is 0 Å². The molecular formula is C13H18BrN3O. The molecule has 0 aliphatic carbocycles. The monoisotopic (exact) mass is 311 g/mol. The van der Waals surface area contributed by atoms with Gasteiger partial charge in [0.2, 0.25) is 0 Å². The molecule has 0 saturated carbocycles. The van der Waals surface area contributed by atoms with Crippen molar-refractivity contribution in [1.29, 1.82) is 0 Å². The quantitative estimate of drug-likeness (QED) is 0.875. The zero-order chi connectivity index (χ0) is 13.3. The van der Waals surface area contributed by atoms with E-state index in [1.807, 2.05) is 12.1 Å². The fourth-order valence-corrected chi connectivity index (χ4v) is 2.87. The van der Waals surface area contributed by atoms with Crippen molar-refractivity contribution >= 4 is 27.5 Å². The van der Waals surface area contributed by atoms with E-state index in [1.54, 1.807) is 6.07 Å². The van der Waals surface area contributed by atoms with Gasteiger partial charge in [-0.3, -0.25) is 4.79 Å². The summed E-state index contributed by atoms with van der Waals surface area (Å²) in [6, 6.07) is 6.13. The first-order chi connectivity index (χ1) is 8.49. The molecule has 2 unspecified atom stereocenters. The second kappa shape index (κ2) is 5.28. The molecule has 5 heteroatoms. The number of rotatable bonds is 2. The summed E-state index contributed by atoms with van der Waals surface area (Å²) in [5.74, 6) is -0.389. The third-order valence-corrected chi connectivity index (χ3v) is 3.94. The van der Waals surface area contributed by atoms with E-state index >= 15 is 0 Å². The van der Waals surface area contributed by atoms with Gasteiger partial charge in [-0.25, -0.2) is 0 Å². The topological polar surface area (TPSA) is 72.3 Å². The number of nitrogens with two attached hydrogens (primary N) is 2. The van der Waals surface area contributed by atoms with Crippen LogP contribution < -0.4 is 16.4 Å². The van der Waals surface area contributed by atoms with Gasteiger partial charge in [-0.1, -0.05) is 15.9 Å². The fraction of sp³-hybridized carbons (Fsp3) is 0.462. The maximum absolute atomic E-state index is 11.5. The van der Waals surface area contributed by atoms with E-state index in [0.29, 0.717) is 11.6 Å². The lowest BCUT2D eigenvalue weighted by Gasteiger charge is -2.39. The molecule has 1 saturated heterocycles. The normalized spacial score (nSPS) is 24.1. The number of hydrogen-bond acceptors (Lipinski definition) is 3. The molecule has 2 atom stereocenters. The molecule has 2 rings (SSSR count). The van der Waals surface area contributed by atoms with E-state index in [-0.39, 0.29) is 11.9 Å². The number of halogens is 1. The van der Waals surface area contributed by atoms with Gasteiger partial charge in [0.25, 0.3) is 5.91 Å². The lowest BCUT2D eigenvalue weighted by atomic mass is 9.97. The Bertz CT molecular complexity index is 464. The van der Waals surface area contributed by atoms with Crippen molar-refractivity contribution in [3.8, 4) is 0 Å². The van der Waals surface area contributed by atoms with E-state index < -0.39 is 0 Å². The Morgan fingerprint density at radius 3 is 2.83 bits per heavy atom. The van der Waals surface area contributed by atoms with E-state index in [1.165, 1.54) is 0 Å². The SMILES string of the molecule is CC1CC(N)CCN1c1cc(Br)ccc1C(N)=O. The largest absolute Gasteiger partial charge is 0.368 e. The Kier molecular flexibility index (Phi) is 3.92. The number of anilines is 1. The van der Waals surface area contributed by atoms with Crippen LogP contribution in [0, 0.1) is 0 Å². The highest BCUT2D eigenvalue weighted by Gasteiger charge is 2.26. The summed E-state index contributed by atoms with van der Waals surface area (Å²) in [4.78, 5) is 13.7. The van der Waals surface area contributed by atoms with Gasteiger partial charge in [0, 0.05) is 23.1 Å². The van der Waals surface area contributed by atoms with Crippen molar-refractivity contribution in [2.24, 2.45) is 11.5 Å². The molecule has 1 aliphatic heterocycles. The first-order valence-electron chi connectivity index (χ1n) is 6.10. The molecule has 0 aromatic heterocycles. The van der Waals surface area contributed by atoms with Gasteiger partial charge in [-0.2, -0.15) is 0 Å². The number of benzene rings is 1. The van der Waals surface area contributed by atoms with Crippen LogP contribution in [-0.4, -0.2) is 24.5 Å². The number of amides is 1. The lowest BCUT2D eigenvalue weighted by Crippen LogP contribution is -2.46. The highest BCUT2D eigenvalue weighted by atomic mass is 79.9. The van der Waals surface area contributed by atoms with Crippen LogP contribution in [0.3, 0.4) is 0 Å². The molecule has 1 aromatic carbocycles. The number of hydrogen-bond donors (Lipinski definition) is 2. The zero-order valence-electron chi connectivity index (χ0n) is 10.4. The van der Waals surface area contributed by atoms with Crippen LogP contribution in [0.2, 0.25) is 0 Å². The summed E-state index contributed by atoms with van der Waals surface area (Å²) >= 11 is 3.44. The molecule has 0 radical (unpaired) electrons. The minimum Gasteiger partial charge on any atom is -0.368 e. The second-order valence-corrected chi connectivity index (χ2v) is 5.77. The van der Waals surface area contributed by atoms with Crippen LogP contribution in [0.1, 0.15) is 30.1 Å². The number of carbonyl (C=O) groups excluding carboxylic acids is 1. The minimum absolute atomic E-state index is 0.250. The number of piperidine rings is 1. The first kappa shape index (κ1) is 13.4. The second-order valence-electron chi connectivity index (χ2n) is 4.85. The van der Waals surface area contributed by atoms with Gasteiger partial charge in [0.05, 0.1) is 11.3 Å². The summed E-state index contributed by atoms with van der Waals surface area (Å²) in [5, 5.41) is 0. The summed E-state index contributed by atoms with van der Waals surface area (Å²) in [6.07, 6.45) is 1.87. The summed E-state index contributed by atoms with van der Waals surface area (Å²) in [6.45, 7) is 2.99. The molecule has 4 nitrogen and oxygen atoms in total. The highest BCUT2D eigenvalue weighted by molar-refractivity contribution is 9.10. The molecule has 1 heterocycles. The van der Waals surface area contributed by atoms with E-state index in [0.717, 1.165) is 29.5 Å². The van der Waals surface area contributed by atoms with Crippen LogP contribution in [0.25, 0.3) is 0 Å². The molecule has 1 aromatic rings. The third kappa shape index (κ3) is 2.67. The van der Waals surface area contributed by atoms with Gasteiger partial charge >= 0.3 is 0 Å². The van der Waals surface area contributed by atoms with Crippen molar-refractivity contribution in [1.82, 2.24) is 0 Å². The van der Waals surface area contributed by atoms with Crippen LogP contribution in [0.5, 0.6) is 0 Å². The summed E-state index contributed by atoms with van der Waals surface area (Å²) in [5.41, 5.74) is 12.9. The van der Waals surface area contributed by atoms with Gasteiger partial charge in [-0.15, -0.1) is 0 Å². The highest BCUT2D eigenvalue weighted by Crippen LogP contribution is 2.30. The summed E-state index contributed by atoms with van der Waals surface area (Å²) < 4.78 is 0.949. The van der Waals surface area contributed by atoms with Crippen molar-refractivity contribution < 1.29 is 4.79 Å². The Labute approximate surface area is 115 Å². The minimum atomic E-state index is -0.389. The summed E-state index contributed by atoms with van der Waals surface area (Å²) in [7, 11) is 0. The molecule has 0 spiro atoms. The number of carbonyl (C=O) groups is 1. The van der Waals surface area contributed by atoms with Crippen LogP contribution >= 0.6 is 15.9 Å². The van der Waals surface area contributed by atoms with Crippen LogP contribution in [0.15, 0.2) is 22.7 Å². The van der Waals surface area contributed by atoms with Crippen molar-refractivity contribution in [2.75, 3.05) is 11.4 Å². The molecular weight excluding hydrogens is 294 g/mol. The standard InChI is InChI=1S/C13H18BrN3O/c1-8-6-10(15)4-5-17(8)12-7-9(14)2-3-11(12)13(16)18/h2-3,7-8,10H,4-6,15H2,1H3,(H2,16,18). The van der Waals surface area contributed by atoms with Crippen molar-refractivity contribution in [3.05, 3.63) is 28.2 Å². The Hall–Kier alpha value is -1.07. The lowest BCUT2D eigenvalue weighted by molar-refractivity contribution is 0.100. The maximum atomic E-state index is 11.5. The molecule has 1 amide bonds. The predicted molar refractivity (Wildman–Crippen MR) is 76.7 cm³/mol. The number of nitrogens with zero attached hydrogens (tertiary/aromatic N) is 1. The van der Waals surface area contributed by atoms with Crippen LogP contribution in [-0.2, 0) is 0 Å². The zero-order valence-corrected chi connectivity index (χ0v) is 12.0. The molecule has 98 valence electrons. The van der Waals surface area contributed by atoms with E-state index in [2.05, 4.69) is 27.8 Å².